The van der Waals surface area contributed by atoms with Crippen LogP contribution in [-0.4, -0.2) is 58.3 Å². The Kier molecular flexibility index (Phi) is 7.28. The third-order valence-electron chi connectivity index (χ3n) is 6.17. The van der Waals surface area contributed by atoms with Gasteiger partial charge in [0.1, 0.15) is 17.9 Å². The summed E-state index contributed by atoms with van der Waals surface area (Å²) in [6.07, 6.45) is 2.76. The summed E-state index contributed by atoms with van der Waals surface area (Å²) in [5.74, 6) is 0.406. The minimum absolute atomic E-state index is 0.0961. The molecule has 0 N–H and O–H groups in total. The second-order valence-corrected chi connectivity index (χ2v) is 9.68. The van der Waals surface area contributed by atoms with Gasteiger partial charge >= 0.3 is 0 Å². The Morgan fingerprint density at radius 3 is 2.86 bits per heavy atom. The SMILES string of the molecule is COc1cc(OCC(=O)N2CCC(c3nc(C4=NOC(c5c(F)cccc5Cl)C4)cs3)CC2)ncn1. The molecule has 1 atom stereocenters. The molecule has 1 fully saturated rings. The fourth-order valence-electron chi connectivity index (χ4n) is 4.23. The molecule has 188 valence electrons. The number of piperidine rings is 1. The number of hydrogen-bond donors (Lipinski definition) is 0. The van der Waals surface area contributed by atoms with E-state index in [-0.39, 0.29) is 18.4 Å². The van der Waals surface area contributed by atoms with Gasteiger partial charge in [0.2, 0.25) is 11.8 Å². The highest BCUT2D eigenvalue weighted by Crippen LogP contribution is 2.37. The van der Waals surface area contributed by atoms with Crippen LogP contribution in [0.15, 0.2) is 41.1 Å². The number of ether oxygens (including phenoxy) is 2. The van der Waals surface area contributed by atoms with Gasteiger partial charge in [-0.15, -0.1) is 11.3 Å². The van der Waals surface area contributed by atoms with Crippen LogP contribution < -0.4 is 9.47 Å². The van der Waals surface area contributed by atoms with E-state index in [2.05, 4.69) is 15.1 Å². The van der Waals surface area contributed by atoms with Gasteiger partial charge in [0, 0.05) is 36.4 Å². The Balaban J connectivity index is 1.13. The molecule has 1 saturated heterocycles. The van der Waals surface area contributed by atoms with Crippen LogP contribution in [0.1, 0.15) is 47.5 Å². The summed E-state index contributed by atoms with van der Waals surface area (Å²) in [6, 6.07) is 6.09. The maximum Gasteiger partial charge on any atom is 0.260 e. The third-order valence-corrected chi connectivity index (χ3v) is 7.51. The van der Waals surface area contributed by atoms with Crippen molar-refractivity contribution >= 4 is 34.6 Å². The zero-order valence-corrected chi connectivity index (χ0v) is 21.0. The van der Waals surface area contributed by atoms with Crippen molar-refractivity contribution in [3.63, 3.8) is 0 Å². The molecule has 1 unspecified atom stereocenters. The van der Waals surface area contributed by atoms with E-state index >= 15 is 0 Å². The van der Waals surface area contributed by atoms with E-state index < -0.39 is 11.9 Å². The van der Waals surface area contributed by atoms with Crippen molar-refractivity contribution in [2.24, 2.45) is 5.16 Å². The number of benzene rings is 1. The van der Waals surface area contributed by atoms with Crippen molar-refractivity contribution in [1.29, 1.82) is 0 Å². The number of hydrogen-bond acceptors (Lipinski definition) is 9. The van der Waals surface area contributed by atoms with Crippen molar-refractivity contribution < 1.29 is 23.5 Å². The number of amides is 1. The predicted octanol–water partition coefficient (Wildman–Crippen LogP) is 4.38. The molecule has 0 aliphatic carbocycles. The first-order valence-corrected chi connectivity index (χ1v) is 12.7. The molecule has 2 aliphatic rings. The molecular weight excluding hydrogens is 509 g/mol. The minimum atomic E-state index is -0.571. The standard InChI is InChI=1S/C24H23ClFN5O4S/c1-33-20-10-21(28-13-27-20)34-11-22(32)31-7-5-14(6-8-31)24-29-18(12-36-24)17-9-19(35-30-17)23-15(25)3-2-4-16(23)26/h2-4,10,12-14,19H,5-9,11H2,1H3. The van der Waals surface area contributed by atoms with Gasteiger partial charge in [-0.25, -0.2) is 19.3 Å². The van der Waals surface area contributed by atoms with Crippen molar-refractivity contribution in [3.8, 4) is 11.8 Å². The van der Waals surface area contributed by atoms with Gasteiger partial charge in [0.15, 0.2) is 12.7 Å². The fraction of sp³-hybridized carbons (Fsp3) is 0.375. The van der Waals surface area contributed by atoms with E-state index in [1.807, 2.05) is 5.38 Å². The third kappa shape index (κ3) is 5.26. The number of carbonyl (C=O) groups excluding carboxylic acids is 1. The highest BCUT2D eigenvalue weighted by molar-refractivity contribution is 7.10. The van der Waals surface area contributed by atoms with Gasteiger partial charge in [-0.3, -0.25) is 4.79 Å². The van der Waals surface area contributed by atoms with Gasteiger partial charge in [-0.1, -0.05) is 22.8 Å². The predicted molar refractivity (Wildman–Crippen MR) is 131 cm³/mol. The Morgan fingerprint density at radius 2 is 2.08 bits per heavy atom. The molecule has 4 heterocycles. The highest BCUT2D eigenvalue weighted by Gasteiger charge is 2.31. The largest absolute Gasteiger partial charge is 0.481 e. The lowest BCUT2D eigenvalue weighted by Crippen LogP contribution is -2.40. The number of rotatable bonds is 7. The van der Waals surface area contributed by atoms with Crippen molar-refractivity contribution in [1.82, 2.24) is 19.9 Å². The van der Waals surface area contributed by atoms with Crippen LogP contribution in [-0.2, 0) is 9.63 Å². The molecule has 2 aromatic heterocycles. The van der Waals surface area contributed by atoms with Crippen LogP contribution in [0.3, 0.4) is 0 Å². The number of carbonyl (C=O) groups is 1. The quantitative estimate of drug-likeness (QED) is 0.446. The molecule has 12 heteroatoms. The number of nitrogens with zero attached hydrogens (tertiary/aromatic N) is 5. The van der Waals surface area contributed by atoms with Crippen molar-refractivity contribution in [3.05, 3.63) is 63.1 Å². The number of likely N-dealkylation sites (tertiary alicyclic amines) is 1. The number of thiazole rings is 1. The summed E-state index contributed by atoms with van der Waals surface area (Å²) >= 11 is 7.74. The van der Waals surface area contributed by atoms with Gasteiger partial charge in [-0.2, -0.15) is 0 Å². The maximum atomic E-state index is 14.3. The Labute approximate surface area is 215 Å². The van der Waals surface area contributed by atoms with Crippen molar-refractivity contribution in [2.45, 2.75) is 31.3 Å². The van der Waals surface area contributed by atoms with E-state index in [0.29, 0.717) is 47.6 Å². The van der Waals surface area contributed by atoms with E-state index in [1.54, 1.807) is 28.4 Å². The van der Waals surface area contributed by atoms with E-state index in [0.717, 1.165) is 23.5 Å². The summed E-state index contributed by atoms with van der Waals surface area (Å²) < 4.78 is 24.8. The van der Waals surface area contributed by atoms with Gasteiger partial charge in [0.25, 0.3) is 5.91 Å². The molecule has 3 aromatic rings. The lowest BCUT2D eigenvalue weighted by Gasteiger charge is -2.31. The molecular formula is C24H23ClFN5O4S. The van der Waals surface area contributed by atoms with E-state index in [4.69, 9.17) is 30.9 Å². The molecule has 36 heavy (non-hydrogen) atoms. The Bertz CT molecular complexity index is 1260. The van der Waals surface area contributed by atoms with Crippen LogP contribution in [0.4, 0.5) is 4.39 Å². The maximum absolute atomic E-state index is 14.3. The molecule has 0 saturated carbocycles. The van der Waals surface area contributed by atoms with Crippen LogP contribution >= 0.6 is 22.9 Å². The first-order valence-electron chi connectivity index (χ1n) is 11.4. The smallest absolute Gasteiger partial charge is 0.260 e. The van der Waals surface area contributed by atoms with Crippen LogP contribution in [0.5, 0.6) is 11.8 Å². The first-order chi connectivity index (χ1) is 17.5. The number of oxime groups is 1. The monoisotopic (exact) mass is 531 g/mol. The molecule has 1 amide bonds. The molecule has 0 spiro atoms. The van der Waals surface area contributed by atoms with Gasteiger partial charge in [-0.05, 0) is 25.0 Å². The molecule has 9 nitrogen and oxygen atoms in total. The topological polar surface area (TPSA) is 99.0 Å². The van der Waals surface area contributed by atoms with Gasteiger partial charge < -0.3 is 19.2 Å². The summed E-state index contributed by atoms with van der Waals surface area (Å²) in [6.45, 7) is 1.14. The first kappa shape index (κ1) is 24.4. The van der Waals surface area contributed by atoms with Crippen molar-refractivity contribution in [2.75, 3.05) is 26.8 Å². The molecule has 1 aromatic carbocycles. The summed E-state index contributed by atoms with van der Waals surface area (Å²) in [4.78, 5) is 32.6. The second-order valence-electron chi connectivity index (χ2n) is 8.38. The van der Waals surface area contributed by atoms with E-state index in [9.17, 15) is 9.18 Å². The molecule has 5 rings (SSSR count). The zero-order valence-electron chi connectivity index (χ0n) is 19.4. The summed E-state index contributed by atoms with van der Waals surface area (Å²) in [7, 11) is 1.50. The van der Waals surface area contributed by atoms with Crippen LogP contribution in [0.25, 0.3) is 0 Å². The normalized spacial score (nSPS) is 18.0. The van der Waals surface area contributed by atoms with E-state index in [1.165, 1.54) is 25.6 Å². The lowest BCUT2D eigenvalue weighted by atomic mass is 9.97. The summed E-state index contributed by atoms with van der Waals surface area (Å²) in [5.41, 5.74) is 1.72. The number of methoxy groups -OCH3 is 1. The second kappa shape index (κ2) is 10.8. The number of aromatic nitrogens is 3. The Hall–Kier alpha value is -3.31. The molecule has 2 aliphatic heterocycles. The van der Waals surface area contributed by atoms with Crippen LogP contribution in [0, 0.1) is 5.82 Å². The Morgan fingerprint density at radius 1 is 1.28 bits per heavy atom. The molecule has 0 bridgehead atoms. The zero-order chi connectivity index (χ0) is 25.1. The lowest BCUT2D eigenvalue weighted by molar-refractivity contribution is -0.134. The van der Waals surface area contributed by atoms with Gasteiger partial charge in [0.05, 0.1) is 28.9 Å². The number of halogens is 2. The highest BCUT2D eigenvalue weighted by atomic mass is 35.5. The van der Waals surface area contributed by atoms with Crippen LogP contribution in [0.2, 0.25) is 5.02 Å². The minimum Gasteiger partial charge on any atom is -0.481 e. The average molecular weight is 532 g/mol. The fourth-order valence-corrected chi connectivity index (χ4v) is 5.51. The summed E-state index contributed by atoms with van der Waals surface area (Å²) in [5, 5.41) is 7.41. The average Bonchev–Trinajstić information content (AvgIpc) is 3.58. The molecule has 0 radical (unpaired) electrons.